The fraction of sp³-hybridized carbons (Fsp3) is 0.381. The van der Waals surface area contributed by atoms with Gasteiger partial charge in [0, 0.05) is 18.8 Å². The van der Waals surface area contributed by atoms with Gasteiger partial charge in [0.05, 0.1) is 6.42 Å². The first-order valence-electron chi connectivity index (χ1n) is 8.89. The van der Waals surface area contributed by atoms with Crippen molar-refractivity contribution in [2.24, 2.45) is 0 Å². The molecule has 0 atom stereocenters. The number of benzene rings is 2. The van der Waals surface area contributed by atoms with E-state index in [1.54, 1.807) is 0 Å². The van der Waals surface area contributed by atoms with Crippen molar-refractivity contribution in [1.29, 1.82) is 0 Å². The largest absolute Gasteiger partial charge is 0.490 e. The Bertz CT molecular complexity index is 687. The van der Waals surface area contributed by atoms with Crippen LogP contribution in [0.4, 0.5) is 5.69 Å². The molecule has 1 aliphatic heterocycles. The summed E-state index contributed by atoms with van der Waals surface area (Å²) in [4.78, 5) is 14.5. The average Bonchev–Trinajstić information content (AvgIpc) is 2.61. The Morgan fingerprint density at radius 1 is 1.08 bits per heavy atom. The minimum absolute atomic E-state index is 0.00663. The smallest absolute Gasteiger partial charge is 0.228 e. The van der Waals surface area contributed by atoms with Gasteiger partial charge in [-0.05, 0) is 56.6 Å². The van der Waals surface area contributed by atoms with Gasteiger partial charge < -0.3 is 15.0 Å². The number of carbonyl (C=O) groups excluding carboxylic acids is 1. The van der Waals surface area contributed by atoms with E-state index < -0.39 is 0 Å². The van der Waals surface area contributed by atoms with Crippen LogP contribution >= 0.6 is 0 Å². The summed E-state index contributed by atoms with van der Waals surface area (Å²) in [6.45, 7) is 4.20. The van der Waals surface area contributed by atoms with Gasteiger partial charge in [-0.15, -0.1) is 0 Å². The van der Waals surface area contributed by atoms with Gasteiger partial charge in [-0.25, -0.2) is 0 Å². The van der Waals surface area contributed by atoms with E-state index in [-0.39, 0.29) is 12.0 Å². The van der Waals surface area contributed by atoms with Crippen LogP contribution in [0.1, 0.15) is 24.0 Å². The lowest BCUT2D eigenvalue weighted by atomic mass is 10.1. The fourth-order valence-electron chi connectivity index (χ4n) is 3.01. The van der Waals surface area contributed by atoms with Crippen LogP contribution in [0, 0.1) is 6.92 Å². The second-order valence-corrected chi connectivity index (χ2v) is 6.86. The van der Waals surface area contributed by atoms with Crippen LogP contribution in [0.2, 0.25) is 0 Å². The Labute approximate surface area is 149 Å². The highest BCUT2D eigenvalue weighted by molar-refractivity contribution is 5.92. The monoisotopic (exact) mass is 338 g/mol. The van der Waals surface area contributed by atoms with Crippen LogP contribution in [-0.2, 0) is 11.2 Å². The van der Waals surface area contributed by atoms with E-state index in [1.807, 2.05) is 55.5 Å². The van der Waals surface area contributed by atoms with Crippen LogP contribution in [0.15, 0.2) is 48.5 Å². The first-order valence-corrected chi connectivity index (χ1v) is 8.89. The lowest BCUT2D eigenvalue weighted by Gasteiger charge is -2.29. The number of ether oxygens (including phenoxy) is 1. The van der Waals surface area contributed by atoms with E-state index in [4.69, 9.17) is 4.74 Å². The maximum atomic E-state index is 12.2. The first-order chi connectivity index (χ1) is 12.1. The maximum absolute atomic E-state index is 12.2. The molecule has 3 rings (SSSR count). The Hall–Kier alpha value is -2.33. The lowest BCUT2D eigenvalue weighted by Crippen LogP contribution is -2.35. The highest BCUT2D eigenvalue weighted by atomic mass is 16.5. The number of hydrogen-bond donors (Lipinski definition) is 1. The van der Waals surface area contributed by atoms with Gasteiger partial charge in [-0.2, -0.15) is 0 Å². The molecule has 4 heteroatoms. The zero-order valence-corrected chi connectivity index (χ0v) is 15.0. The number of rotatable bonds is 5. The lowest BCUT2D eigenvalue weighted by molar-refractivity contribution is -0.115. The molecule has 0 radical (unpaired) electrons. The number of hydrogen-bond acceptors (Lipinski definition) is 3. The molecule has 0 aromatic heterocycles. The maximum Gasteiger partial charge on any atom is 0.228 e. The number of likely N-dealkylation sites (tertiary alicyclic amines) is 1. The fourth-order valence-corrected chi connectivity index (χ4v) is 3.01. The molecular weight excluding hydrogens is 312 g/mol. The van der Waals surface area contributed by atoms with E-state index in [0.29, 0.717) is 6.42 Å². The van der Waals surface area contributed by atoms with Crippen molar-refractivity contribution < 1.29 is 9.53 Å². The van der Waals surface area contributed by atoms with Crippen LogP contribution in [0.3, 0.4) is 0 Å². The zero-order valence-electron chi connectivity index (χ0n) is 15.0. The number of amides is 1. The van der Waals surface area contributed by atoms with Crippen molar-refractivity contribution in [3.05, 3.63) is 59.7 Å². The van der Waals surface area contributed by atoms with Gasteiger partial charge in [0.25, 0.3) is 0 Å². The first kappa shape index (κ1) is 17.5. The second-order valence-electron chi connectivity index (χ2n) is 6.86. The van der Waals surface area contributed by atoms with E-state index in [1.165, 1.54) is 5.56 Å². The SMILES string of the molecule is Cc1ccc(CC(=O)Nc2ccc(OC3CCN(C)CC3)cc2)cc1. The van der Waals surface area contributed by atoms with Crippen molar-refractivity contribution in [3.63, 3.8) is 0 Å². The molecule has 0 bridgehead atoms. The Morgan fingerprint density at radius 3 is 2.36 bits per heavy atom. The molecule has 1 heterocycles. The Kier molecular flexibility index (Phi) is 5.71. The molecule has 2 aromatic rings. The molecule has 0 unspecified atom stereocenters. The third kappa shape index (κ3) is 5.33. The van der Waals surface area contributed by atoms with Gasteiger partial charge in [0.1, 0.15) is 11.9 Å². The number of anilines is 1. The quantitative estimate of drug-likeness (QED) is 0.905. The van der Waals surface area contributed by atoms with Gasteiger partial charge in [-0.1, -0.05) is 29.8 Å². The summed E-state index contributed by atoms with van der Waals surface area (Å²) < 4.78 is 6.03. The molecule has 25 heavy (non-hydrogen) atoms. The molecule has 1 aliphatic rings. The molecule has 1 saturated heterocycles. The Morgan fingerprint density at radius 2 is 1.72 bits per heavy atom. The van der Waals surface area contributed by atoms with Gasteiger partial charge in [0.2, 0.25) is 5.91 Å². The van der Waals surface area contributed by atoms with E-state index in [9.17, 15) is 4.79 Å². The standard InChI is InChI=1S/C21H26N2O2/c1-16-3-5-17(6-4-16)15-21(24)22-18-7-9-19(10-8-18)25-20-11-13-23(2)14-12-20/h3-10,20H,11-15H2,1-2H3,(H,22,24). The summed E-state index contributed by atoms with van der Waals surface area (Å²) >= 11 is 0. The van der Waals surface area contributed by atoms with Crippen molar-refractivity contribution >= 4 is 11.6 Å². The number of nitrogens with one attached hydrogen (secondary N) is 1. The minimum Gasteiger partial charge on any atom is -0.490 e. The zero-order chi connectivity index (χ0) is 17.6. The predicted molar refractivity (Wildman–Crippen MR) is 101 cm³/mol. The molecule has 1 N–H and O–H groups in total. The summed E-state index contributed by atoms with van der Waals surface area (Å²) in [5.41, 5.74) is 3.02. The van der Waals surface area contributed by atoms with Crippen molar-refractivity contribution in [1.82, 2.24) is 4.90 Å². The number of aryl methyl sites for hydroxylation is 1. The number of carbonyl (C=O) groups is 1. The number of nitrogens with zero attached hydrogens (tertiary/aromatic N) is 1. The summed E-state index contributed by atoms with van der Waals surface area (Å²) in [7, 11) is 2.14. The van der Waals surface area contributed by atoms with Gasteiger partial charge >= 0.3 is 0 Å². The topological polar surface area (TPSA) is 41.6 Å². The Balaban J connectivity index is 1.50. The van der Waals surface area contributed by atoms with Crippen LogP contribution in [0.5, 0.6) is 5.75 Å². The highest BCUT2D eigenvalue weighted by Crippen LogP contribution is 2.21. The second kappa shape index (κ2) is 8.17. The molecule has 2 aromatic carbocycles. The third-order valence-corrected chi connectivity index (χ3v) is 4.59. The summed E-state index contributed by atoms with van der Waals surface area (Å²) in [6, 6.07) is 15.7. The normalized spacial score (nSPS) is 15.8. The van der Waals surface area contributed by atoms with Crippen LogP contribution < -0.4 is 10.1 Å². The third-order valence-electron chi connectivity index (χ3n) is 4.59. The van der Waals surface area contributed by atoms with Crippen LogP contribution in [0.25, 0.3) is 0 Å². The predicted octanol–water partition coefficient (Wildman–Crippen LogP) is 3.65. The average molecular weight is 338 g/mol. The molecule has 1 amide bonds. The van der Waals surface area contributed by atoms with Crippen molar-refractivity contribution in [2.75, 3.05) is 25.5 Å². The van der Waals surface area contributed by atoms with E-state index >= 15 is 0 Å². The van der Waals surface area contributed by atoms with Gasteiger partial charge in [-0.3, -0.25) is 4.79 Å². The molecule has 1 fully saturated rings. The molecule has 0 spiro atoms. The van der Waals surface area contributed by atoms with Crippen molar-refractivity contribution in [2.45, 2.75) is 32.3 Å². The highest BCUT2D eigenvalue weighted by Gasteiger charge is 2.17. The summed E-state index contributed by atoms with van der Waals surface area (Å²) in [5.74, 6) is 0.860. The van der Waals surface area contributed by atoms with Crippen LogP contribution in [-0.4, -0.2) is 37.0 Å². The van der Waals surface area contributed by atoms with E-state index in [0.717, 1.165) is 42.9 Å². The summed E-state index contributed by atoms with van der Waals surface area (Å²) in [5, 5.41) is 2.94. The number of piperidine rings is 1. The molecular formula is C21H26N2O2. The molecule has 132 valence electrons. The minimum atomic E-state index is -0.00663. The van der Waals surface area contributed by atoms with E-state index in [2.05, 4.69) is 17.3 Å². The molecule has 0 saturated carbocycles. The van der Waals surface area contributed by atoms with Crippen molar-refractivity contribution in [3.8, 4) is 5.75 Å². The summed E-state index contributed by atoms with van der Waals surface area (Å²) in [6.07, 6.45) is 2.80. The van der Waals surface area contributed by atoms with Gasteiger partial charge in [0.15, 0.2) is 0 Å². The molecule has 0 aliphatic carbocycles. The molecule has 4 nitrogen and oxygen atoms in total.